The Kier molecular flexibility index (Phi) is 1.75. The summed E-state index contributed by atoms with van der Waals surface area (Å²) in [6.45, 7) is 0.531. The lowest BCUT2D eigenvalue weighted by molar-refractivity contribution is 0.182. The molecular formula is C8H9N3O. The molecule has 2 aromatic heterocycles. The topological polar surface area (TPSA) is 39.4 Å². The largest absolute Gasteiger partial charge is 0.378 e. The highest BCUT2D eigenvalue weighted by molar-refractivity contribution is 5.29. The van der Waals surface area contributed by atoms with Gasteiger partial charge in [-0.25, -0.2) is 9.97 Å². The van der Waals surface area contributed by atoms with E-state index in [2.05, 4.69) is 9.97 Å². The third-order valence-electron chi connectivity index (χ3n) is 1.58. The van der Waals surface area contributed by atoms with Crippen molar-refractivity contribution in [3.63, 3.8) is 0 Å². The van der Waals surface area contributed by atoms with Gasteiger partial charge in [0, 0.05) is 25.7 Å². The first kappa shape index (κ1) is 7.24. The molecule has 2 heterocycles. The molecule has 0 spiro atoms. The molecule has 2 rings (SSSR count). The molecule has 2 aromatic rings. The molecule has 0 bridgehead atoms. The molecule has 0 amide bonds. The van der Waals surface area contributed by atoms with Gasteiger partial charge in [0.2, 0.25) is 5.78 Å². The van der Waals surface area contributed by atoms with Crippen LogP contribution in [-0.2, 0) is 11.3 Å². The van der Waals surface area contributed by atoms with Gasteiger partial charge in [0.05, 0.1) is 12.3 Å². The normalized spacial score (nSPS) is 10.8. The molecule has 4 heteroatoms. The van der Waals surface area contributed by atoms with Crippen molar-refractivity contribution in [1.29, 1.82) is 0 Å². The molecule has 0 saturated heterocycles. The van der Waals surface area contributed by atoms with E-state index in [-0.39, 0.29) is 0 Å². The minimum absolute atomic E-state index is 0.531. The van der Waals surface area contributed by atoms with Crippen molar-refractivity contribution >= 4 is 5.78 Å². The Morgan fingerprint density at radius 1 is 1.58 bits per heavy atom. The average Bonchev–Trinajstić information content (AvgIpc) is 2.47. The molecular weight excluding hydrogens is 154 g/mol. The van der Waals surface area contributed by atoms with Gasteiger partial charge in [0.1, 0.15) is 0 Å². The van der Waals surface area contributed by atoms with Gasteiger partial charge >= 0.3 is 0 Å². The van der Waals surface area contributed by atoms with E-state index in [4.69, 9.17) is 4.74 Å². The van der Waals surface area contributed by atoms with Gasteiger partial charge in [-0.05, 0) is 6.07 Å². The van der Waals surface area contributed by atoms with E-state index in [1.54, 1.807) is 13.3 Å². The second-order valence-electron chi connectivity index (χ2n) is 2.49. The first-order valence-electron chi connectivity index (χ1n) is 3.67. The van der Waals surface area contributed by atoms with Gasteiger partial charge in [0.15, 0.2) is 0 Å². The van der Waals surface area contributed by atoms with Crippen molar-refractivity contribution in [3.05, 3.63) is 30.4 Å². The third-order valence-corrected chi connectivity index (χ3v) is 1.58. The van der Waals surface area contributed by atoms with Gasteiger partial charge in [-0.3, -0.25) is 4.40 Å². The molecule has 0 aromatic carbocycles. The lowest BCUT2D eigenvalue weighted by Gasteiger charge is -1.88. The van der Waals surface area contributed by atoms with E-state index in [1.807, 2.05) is 22.9 Å². The van der Waals surface area contributed by atoms with E-state index < -0.39 is 0 Å². The highest BCUT2D eigenvalue weighted by Gasteiger charge is 1.99. The SMILES string of the molecule is COCc1cn2cccnc2n1. The van der Waals surface area contributed by atoms with Gasteiger partial charge in [-0.15, -0.1) is 0 Å². The van der Waals surface area contributed by atoms with Crippen LogP contribution in [0.4, 0.5) is 0 Å². The Hall–Kier alpha value is -1.42. The molecule has 0 atom stereocenters. The first-order valence-corrected chi connectivity index (χ1v) is 3.67. The van der Waals surface area contributed by atoms with Crippen LogP contribution in [0, 0.1) is 0 Å². The minimum atomic E-state index is 0.531. The molecule has 0 saturated carbocycles. The number of aromatic nitrogens is 3. The molecule has 0 N–H and O–H groups in total. The fourth-order valence-corrected chi connectivity index (χ4v) is 1.10. The number of hydrogen-bond donors (Lipinski definition) is 0. The summed E-state index contributed by atoms with van der Waals surface area (Å²) in [6, 6.07) is 1.87. The molecule has 4 nitrogen and oxygen atoms in total. The molecule has 62 valence electrons. The summed E-state index contributed by atoms with van der Waals surface area (Å²) < 4.78 is 6.82. The number of methoxy groups -OCH3 is 1. The molecule has 0 radical (unpaired) electrons. The highest BCUT2D eigenvalue weighted by atomic mass is 16.5. The minimum Gasteiger partial charge on any atom is -0.378 e. The summed E-state index contributed by atoms with van der Waals surface area (Å²) in [5, 5.41) is 0. The average molecular weight is 163 g/mol. The van der Waals surface area contributed by atoms with Crippen molar-refractivity contribution in [2.75, 3.05) is 7.11 Å². The van der Waals surface area contributed by atoms with Crippen LogP contribution in [-0.4, -0.2) is 21.5 Å². The van der Waals surface area contributed by atoms with Crippen LogP contribution in [0.1, 0.15) is 5.69 Å². The van der Waals surface area contributed by atoms with E-state index in [1.165, 1.54) is 0 Å². The second kappa shape index (κ2) is 2.91. The zero-order valence-corrected chi connectivity index (χ0v) is 6.77. The summed E-state index contributed by atoms with van der Waals surface area (Å²) >= 11 is 0. The maximum atomic E-state index is 4.95. The highest BCUT2D eigenvalue weighted by Crippen LogP contribution is 2.01. The number of nitrogens with zero attached hydrogens (tertiary/aromatic N) is 3. The molecule has 0 fully saturated rings. The van der Waals surface area contributed by atoms with Crippen molar-refractivity contribution in [1.82, 2.24) is 14.4 Å². The molecule has 0 aliphatic carbocycles. The van der Waals surface area contributed by atoms with Crippen LogP contribution in [0.25, 0.3) is 5.78 Å². The number of ether oxygens (including phenoxy) is 1. The Labute approximate surface area is 69.8 Å². The molecule has 12 heavy (non-hydrogen) atoms. The predicted molar refractivity (Wildman–Crippen MR) is 43.7 cm³/mol. The Morgan fingerprint density at radius 2 is 2.50 bits per heavy atom. The van der Waals surface area contributed by atoms with Crippen LogP contribution < -0.4 is 0 Å². The van der Waals surface area contributed by atoms with Crippen molar-refractivity contribution in [2.24, 2.45) is 0 Å². The van der Waals surface area contributed by atoms with Gasteiger partial charge in [-0.1, -0.05) is 0 Å². The number of rotatable bonds is 2. The zero-order chi connectivity index (χ0) is 8.39. The monoisotopic (exact) mass is 163 g/mol. The molecule has 0 aliphatic heterocycles. The third kappa shape index (κ3) is 1.16. The van der Waals surface area contributed by atoms with Crippen molar-refractivity contribution < 1.29 is 4.74 Å². The summed E-state index contributed by atoms with van der Waals surface area (Å²) in [4.78, 5) is 8.31. The Balaban J connectivity index is 2.47. The number of fused-ring (bicyclic) bond motifs is 1. The molecule has 0 unspecified atom stereocenters. The zero-order valence-electron chi connectivity index (χ0n) is 6.77. The number of imidazole rings is 1. The standard InChI is InChI=1S/C8H9N3O/c1-12-6-7-5-11-4-2-3-9-8(11)10-7/h2-5H,6H2,1H3. The summed E-state index contributed by atoms with van der Waals surface area (Å²) in [7, 11) is 1.65. The summed E-state index contributed by atoms with van der Waals surface area (Å²) in [5.41, 5.74) is 0.899. The van der Waals surface area contributed by atoms with Crippen LogP contribution >= 0.6 is 0 Å². The predicted octanol–water partition coefficient (Wildman–Crippen LogP) is 0.876. The van der Waals surface area contributed by atoms with E-state index >= 15 is 0 Å². The maximum Gasteiger partial charge on any atom is 0.233 e. The quantitative estimate of drug-likeness (QED) is 0.659. The first-order chi connectivity index (χ1) is 5.90. The van der Waals surface area contributed by atoms with Crippen LogP contribution in [0.5, 0.6) is 0 Å². The Morgan fingerprint density at radius 3 is 3.25 bits per heavy atom. The van der Waals surface area contributed by atoms with Gasteiger partial charge in [0.25, 0.3) is 0 Å². The fraction of sp³-hybridized carbons (Fsp3) is 0.250. The van der Waals surface area contributed by atoms with Crippen molar-refractivity contribution in [3.8, 4) is 0 Å². The second-order valence-corrected chi connectivity index (χ2v) is 2.49. The smallest absolute Gasteiger partial charge is 0.233 e. The van der Waals surface area contributed by atoms with Crippen LogP contribution in [0.15, 0.2) is 24.7 Å². The van der Waals surface area contributed by atoms with Crippen molar-refractivity contribution in [2.45, 2.75) is 6.61 Å². The summed E-state index contributed by atoms with van der Waals surface area (Å²) in [5.74, 6) is 0.713. The lowest BCUT2D eigenvalue weighted by Crippen LogP contribution is -1.85. The van der Waals surface area contributed by atoms with Gasteiger partial charge < -0.3 is 4.74 Å². The van der Waals surface area contributed by atoms with Crippen LogP contribution in [0.2, 0.25) is 0 Å². The van der Waals surface area contributed by atoms with E-state index in [9.17, 15) is 0 Å². The number of hydrogen-bond acceptors (Lipinski definition) is 3. The van der Waals surface area contributed by atoms with E-state index in [0.29, 0.717) is 12.4 Å². The Bertz CT molecular complexity index is 349. The summed E-state index contributed by atoms with van der Waals surface area (Å²) in [6.07, 6.45) is 5.54. The fourth-order valence-electron chi connectivity index (χ4n) is 1.10. The molecule has 0 aliphatic rings. The lowest BCUT2D eigenvalue weighted by atomic mass is 10.5. The van der Waals surface area contributed by atoms with Crippen LogP contribution in [0.3, 0.4) is 0 Å². The van der Waals surface area contributed by atoms with E-state index in [0.717, 1.165) is 5.69 Å². The van der Waals surface area contributed by atoms with Gasteiger partial charge in [-0.2, -0.15) is 0 Å². The maximum absolute atomic E-state index is 4.95.